The van der Waals surface area contributed by atoms with Crippen molar-refractivity contribution in [2.75, 3.05) is 26.4 Å². The van der Waals surface area contributed by atoms with Gasteiger partial charge in [-0.25, -0.2) is 0 Å². The summed E-state index contributed by atoms with van der Waals surface area (Å²) in [5, 5.41) is 120. The van der Waals surface area contributed by atoms with Gasteiger partial charge in [0.05, 0.1) is 38.6 Å². The molecule has 3 aliphatic heterocycles. The fourth-order valence-electron chi connectivity index (χ4n) is 10.9. The Morgan fingerprint density at radius 1 is 0.416 bits per heavy atom. The molecule has 19 heteroatoms. The first-order valence-electron chi connectivity index (χ1n) is 34.0. The number of allylic oxidation sites excluding steroid dienone is 15. The van der Waals surface area contributed by atoms with Crippen molar-refractivity contribution in [3.63, 3.8) is 0 Å². The van der Waals surface area contributed by atoms with E-state index in [-0.39, 0.29) is 12.3 Å². The number of rotatable bonds is 50. The van der Waals surface area contributed by atoms with Crippen molar-refractivity contribution in [1.82, 2.24) is 5.32 Å². The molecule has 0 radical (unpaired) electrons. The Morgan fingerprint density at radius 3 is 1.25 bits per heavy atom. The lowest BCUT2D eigenvalue weighted by Crippen LogP contribution is -2.66. The first-order valence-corrected chi connectivity index (χ1v) is 34.0. The number of unbranched alkanes of at least 4 members (excludes halogenated alkanes) is 20. The second-order valence-electron chi connectivity index (χ2n) is 23.9. The van der Waals surface area contributed by atoms with Crippen LogP contribution in [0.4, 0.5) is 0 Å². The van der Waals surface area contributed by atoms with Gasteiger partial charge in [0, 0.05) is 6.42 Å². The smallest absolute Gasteiger partial charge is 0.220 e. The molecule has 0 bridgehead atoms. The van der Waals surface area contributed by atoms with E-state index in [1.165, 1.54) is 116 Å². The van der Waals surface area contributed by atoms with E-state index >= 15 is 0 Å². The summed E-state index contributed by atoms with van der Waals surface area (Å²) in [5.41, 5.74) is 0. The topological polar surface area (TPSA) is 307 Å². The molecule has 17 unspecified atom stereocenters. The summed E-state index contributed by atoms with van der Waals surface area (Å²) in [6.45, 7) is 1.54. The Balaban J connectivity index is 1.49. The Bertz CT molecular complexity index is 1990. The number of amides is 1. The van der Waals surface area contributed by atoms with Crippen LogP contribution in [0, 0.1) is 0 Å². The minimum absolute atomic E-state index is 0.105. The van der Waals surface area contributed by atoms with Crippen molar-refractivity contribution in [2.45, 2.75) is 311 Å². The summed E-state index contributed by atoms with van der Waals surface area (Å²) in [6.07, 6.45) is 39.8. The average molecular weight is 1260 g/mol. The van der Waals surface area contributed by atoms with Crippen LogP contribution < -0.4 is 5.32 Å². The fraction of sp³-hybridized carbons (Fsp3) is 0.757. The number of ether oxygens (including phenoxy) is 6. The predicted molar refractivity (Wildman–Crippen MR) is 346 cm³/mol. The number of hydrogen-bond donors (Lipinski definition) is 12. The molecule has 0 spiro atoms. The molecule has 0 aromatic rings. The molecule has 0 aliphatic carbocycles. The standard InChI is InChI=1S/C70H119NO18/c1-3-5-7-9-11-13-15-17-19-21-23-24-25-26-27-28-30-31-33-35-37-39-41-43-45-47-54(75)53(71-58(76)48-46-44-42-40-38-36-34-32-29-22-20-18-16-14-12-10-8-6-4-2)52-84-68-64(82)61(79)66(56(50-73)86-68)89-70-65(83)62(80)67(57(51-74)87-70)88-69-63(81)60(78)59(77)55(49-72)85-69/h6,8,12,14,18,20,29,32,36-39,42,44-45,47,53-57,59-70,72-75,77-83H,3-5,7,9-11,13,15-17,19,21-28,30-31,33-35,40-41,43,46,48-52H2,1-2H3,(H,71,76)/b8-6-,14-12-,20-18-,32-29-,38-36-,39-37+,44-42-,47-45+. The van der Waals surface area contributed by atoms with Crippen LogP contribution in [0.1, 0.15) is 206 Å². The van der Waals surface area contributed by atoms with E-state index in [9.17, 15) is 61.0 Å². The van der Waals surface area contributed by atoms with Gasteiger partial charge in [0.1, 0.15) is 73.2 Å². The Morgan fingerprint density at radius 2 is 0.787 bits per heavy atom. The van der Waals surface area contributed by atoms with Crippen LogP contribution in [0.15, 0.2) is 97.2 Å². The van der Waals surface area contributed by atoms with Crippen LogP contribution in [0.3, 0.4) is 0 Å². The summed E-state index contributed by atoms with van der Waals surface area (Å²) in [7, 11) is 0. The Hall–Kier alpha value is -3.29. The van der Waals surface area contributed by atoms with E-state index in [0.29, 0.717) is 19.3 Å². The molecule has 19 nitrogen and oxygen atoms in total. The molecule has 1 amide bonds. The van der Waals surface area contributed by atoms with E-state index in [0.717, 1.165) is 51.4 Å². The quantitative estimate of drug-likeness (QED) is 0.0201. The lowest BCUT2D eigenvalue weighted by molar-refractivity contribution is -0.379. The summed E-state index contributed by atoms with van der Waals surface area (Å²) in [5.74, 6) is -0.370. The van der Waals surface area contributed by atoms with E-state index in [4.69, 9.17) is 28.4 Å². The number of aliphatic hydroxyl groups excluding tert-OH is 11. The predicted octanol–water partition coefficient (Wildman–Crippen LogP) is 8.49. The molecule has 0 aromatic heterocycles. The summed E-state index contributed by atoms with van der Waals surface area (Å²) in [6, 6.07) is -1.04. The zero-order chi connectivity index (χ0) is 64.7. The molecule has 89 heavy (non-hydrogen) atoms. The second kappa shape index (κ2) is 51.2. The van der Waals surface area contributed by atoms with Gasteiger partial charge in [-0.05, 0) is 70.6 Å². The van der Waals surface area contributed by atoms with E-state index in [2.05, 4.69) is 92.1 Å². The summed E-state index contributed by atoms with van der Waals surface area (Å²) < 4.78 is 34.3. The van der Waals surface area contributed by atoms with Crippen molar-refractivity contribution in [3.8, 4) is 0 Å². The molecule has 3 fully saturated rings. The molecule has 17 atom stereocenters. The van der Waals surface area contributed by atoms with Crippen LogP contribution in [0.5, 0.6) is 0 Å². The molecular weight excluding hydrogens is 1140 g/mol. The van der Waals surface area contributed by atoms with Gasteiger partial charge in [-0.15, -0.1) is 0 Å². The third-order valence-electron chi connectivity index (χ3n) is 16.4. The van der Waals surface area contributed by atoms with Gasteiger partial charge in [-0.3, -0.25) is 4.79 Å². The van der Waals surface area contributed by atoms with Gasteiger partial charge in [0.2, 0.25) is 5.91 Å². The molecule has 512 valence electrons. The number of aliphatic hydroxyl groups is 11. The minimum atomic E-state index is -1.99. The van der Waals surface area contributed by atoms with E-state index in [1.807, 2.05) is 18.2 Å². The van der Waals surface area contributed by atoms with E-state index < -0.39 is 131 Å². The largest absolute Gasteiger partial charge is 0.394 e. The monoisotopic (exact) mass is 1260 g/mol. The van der Waals surface area contributed by atoms with Crippen LogP contribution in [0.25, 0.3) is 0 Å². The molecular formula is C70H119NO18. The van der Waals surface area contributed by atoms with Crippen molar-refractivity contribution >= 4 is 5.91 Å². The van der Waals surface area contributed by atoms with Gasteiger partial charge in [-0.2, -0.15) is 0 Å². The first kappa shape index (κ1) is 79.9. The molecule has 0 saturated carbocycles. The van der Waals surface area contributed by atoms with Crippen molar-refractivity contribution < 1.29 is 89.4 Å². The maximum absolute atomic E-state index is 13.3. The second-order valence-corrected chi connectivity index (χ2v) is 23.9. The molecule has 3 aliphatic rings. The minimum Gasteiger partial charge on any atom is -0.394 e. The maximum atomic E-state index is 13.3. The molecule has 3 rings (SSSR count). The van der Waals surface area contributed by atoms with Crippen LogP contribution in [-0.4, -0.2) is 193 Å². The molecule has 3 saturated heterocycles. The highest BCUT2D eigenvalue weighted by Crippen LogP contribution is 2.33. The van der Waals surface area contributed by atoms with Crippen molar-refractivity contribution in [1.29, 1.82) is 0 Å². The van der Waals surface area contributed by atoms with Gasteiger partial charge in [-0.1, -0.05) is 227 Å². The van der Waals surface area contributed by atoms with Crippen LogP contribution in [0.2, 0.25) is 0 Å². The lowest BCUT2D eigenvalue weighted by atomic mass is 9.96. The molecule has 12 N–H and O–H groups in total. The van der Waals surface area contributed by atoms with Gasteiger partial charge in [0.15, 0.2) is 18.9 Å². The third kappa shape index (κ3) is 33.4. The molecule has 0 aromatic carbocycles. The van der Waals surface area contributed by atoms with Crippen molar-refractivity contribution in [3.05, 3.63) is 97.2 Å². The first-order chi connectivity index (χ1) is 43.3. The SMILES string of the molecule is CC/C=C\C/C=C\C/C=C\C/C=C\C/C=C\C/C=C\CCC(=O)NC(COC1OC(CO)C(OC2OC(CO)C(OC3OC(CO)C(O)C(O)C3O)C(O)C2O)C(O)C1O)C(O)/C=C/CC/C=C/CCCCCCCCCCCCCCCCCCCCC. The highest BCUT2D eigenvalue weighted by atomic mass is 16.8. The summed E-state index contributed by atoms with van der Waals surface area (Å²) in [4.78, 5) is 13.3. The zero-order valence-electron chi connectivity index (χ0n) is 53.9. The highest BCUT2D eigenvalue weighted by Gasteiger charge is 2.53. The van der Waals surface area contributed by atoms with Crippen LogP contribution in [-0.2, 0) is 33.2 Å². The number of nitrogens with one attached hydrogen (secondary N) is 1. The third-order valence-corrected chi connectivity index (χ3v) is 16.4. The average Bonchev–Trinajstić information content (AvgIpc) is 2.46. The van der Waals surface area contributed by atoms with E-state index in [1.54, 1.807) is 6.08 Å². The summed E-state index contributed by atoms with van der Waals surface area (Å²) >= 11 is 0. The van der Waals surface area contributed by atoms with Crippen molar-refractivity contribution in [2.24, 2.45) is 0 Å². The maximum Gasteiger partial charge on any atom is 0.220 e. The number of carbonyl (C=O) groups is 1. The highest BCUT2D eigenvalue weighted by molar-refractivity contribution is 5.76. The van der Waals surface area contributed by atoms with Gasteiger partial charge < -0.3 is 89.9 Å². The van der Waals surface area contributed by atoms with Crippen LogP contribution >= 0.6 is 0 Å². The number of hydrogen-bond acceptors (Lipinski definition) is 18. The normalized spacial score (nSPS) is 28.8. The Labute approximate surface area is 533 Å². The van der Waals surface area contributed by atoms with Gasteiger partial charge in [0.25, 0.3) is 0 Å². The fourth-order valence-corrected chi connectivity index (χ4v) is 10.9. The molecule has 3 heterocycles. The lowest BCUT2D eigenvalue weighted by Gasteiger charge is -2.48. The van der Waals surface area contributed by atoms with Gasteiger partial charge >= 0.3 is 0 Å². The zero-order valence-corrected chi connectivity index (χ0v) is 53.9. The number of carbonyl (C=O) groups excluding carboxylic acids is 1. The Kier molecular flexibility index (Phi) is 46.0.